The molecule has 0 bridgehead atoms. The molecular weight excluding hydrogens is 566 g/mol. The van der Waals surface area contributed by atoms with E-state index in [9.17, 15) is 9.59 Å². The summed E-state index contributed by atoms with van der Waals surface area (Å²) in [6, 6.07) is 18.1. The molecule has 0 saturated carbocycles. The number of likely N-dealkylation sites (N-methyl/N-ethyl adjacent to an activating group) is 1. The molecule has 2 aromatic carbocycles. The van der Waals surface area contributed by atoms with Crippen LogP contribution in [0.25, 0.3) is 0 Å². The molecule has 0 radical (unpaired) electrons. The van der Waals surface area contributed by atoms with E-state index in [1.165, 1.54) is 0 Å². The molecule has 0 aromatic heterocycles. The quantitative estimate of drug-likeness (QED) is 0.177. The molecule has 0 unspecified atom stereocenters. The highest BCUT2D eigenvalue weighted by atomic mass is 32.2. The smallest absolute Gasteiger partial charge is 0.261 e. The Labute approximate surface area is 268 Å². The summed E-state index contributed by atoms with van der Waals surface area (Å²) in [6.07, 6.45) is 11.5. The van der Waals surface area contributed by atoms with Gasteiger partial charge in [-0.2, -0.15) is 0 Å². The van der Waals surface area contributed by atoms with E-state index in [1.807, 2.05) is 74.4 Å². The lowest BCUT2D eigenvalue weighted by molar-refractivity contribution is -0.116. The minimum atomic E-state index is -0.192. The van der Waals surface area contributed by atoms with E-state index in [-0.39, 0.29) is 23.2 Å². The van der Waals surface area contributed by atoms with Crippen LogP contribution >= 0.6 is 11.8 Å². The van der Waals surface area contributed by atoms with Crippen LogP contribution in [0.4, 0.5) is 5.69 Å². The molecule has 2 aliphatic heterocycles. The van der Waals surface area contributed by atoms with Crippen LogP contribution in [0.3, 0.4) is 0 Å². The number of nitrogens with zero attached hydrogens (tertiary/aromatic N) is 3. The maximum absolute atomic E-state index is 13.9. The van der Waals surface area contributed by atoms with Crippen LogP contribution in [0.15, 0.2) is 94.1 Å². The van der Waals surface area contributed by atoms with Crippen molar-refractivity contribution in [1.29, 1.82) is 0 Å². The van der Waals surface area contributed by atoms with Gasteiger partial charge in [-0.3, -0.25) is 9.59 Å². The number of carbonyl (C=O) groups is 2. The number of Topliss-reactive ketones (excluding diaryl/α,β-unsaturated/α-hetero) is 1. The van der Waals surface area contributed by atoms with Gasteiger partial charge in [-0.1, -0.05) is 76.2 Å². The number of thioether (sulfide) groups is 1. The van der Waals surface area contributed by atoms with Crippen LogP contribution < -0.4 is 9.64 Å². The van der Waals surface area contributed by atoms with Gasteiger partial charge in [-0.25, -0.2) is 4.99 Å². The molecule has 1 amide bonds. The third kappa shape index (κ3) is 8.75. The van der Waals surface area contributed by atoms with Gasteiger partial charge in [0.25, 0.3) is 5.91 Å². The lowest BCUT2D eigenvalue weighted by Crippen LogP contribution is -2.34. The van der Waals surface area contributed by atoms with Crippen molar-refractivity contribution in [2.75, 3.05) is 31.3 Å². The highest BCUT2D eigenvalue weighted by Gasteiger charge is 2.28. The number of ether oxygens (including phenoxy) is 1. The van der Waals surface area contributed by atoms with Crippen LogP contribution in [0, 0.1) is 5.41 Å². The summed E-state index contributed by atoms with van der Waals surface area (Å²) in [5, 5.41) is 0.937. The second-order valence-electron chi connectivity index (χ2n) is 12.5. The average Bonchev–Trinajstić information content (AvgIpc) is 3.10. The van der Waals surface area contributed by atoms with Crippen molar-refractivity contribution >= 4 is 35.4 Å². The Hall–Kier alpha value is -3.58. The zero-order chi connectivity index (χ0) is 31.7. The van der Waals surface area contributed by atoms with Crippen LogP contribution in [0.1, 0.15) is 77.4 Å². The first-order valence-electron chi connectivity index (χ1n) is 15.7. The van der Waals surface area contributed by atoms with Crippen molar-refractivity contribution in [3.05, 3.63) is 94.7 Å². The Balaban J connectivity index is 1.47. The normalized spacial score (nSPS) is 18.4. The lowest BCUT2D eigenvalue weighted by atomic mass is 9.84. The van der Waals surface area contributed by atoms with E-state index < -0.39 is 0 Å². The van der Waals surface area contributed by atoms with E-state index in [0.29, 0.717) is 24.1 Å². The molecular formula is C37H47N3O3S. The molecule has 2 heterocycles. The summed E-state index contributed by atoms with van der Waals surface area (Å²) in [7, 11) is 2.06. The number of aliphatic imine (C=N–C) groups is 1. The standard InChI is InChI=1S/C37H47N3O3S/c1-27(37(2,3)4)33(41)20-11-8-12-21-34(28-15-9-7-10-16-28)43-30-18-13-17-29(25-30)40-24-23-39(5)32-19-14-22-35(44-6)38-26-31(32)36(40)42/h7,9-10,13,15-18,22,25-26,34H,1,8,11-12,14,19-21,23-24H2,2-6H3/b35-22-,38-26-/t34-/m1/s1. The van der Waals surface area contributed by atoms with Gasteiger partial charge in [0.1, 0.15) is 11.9 Å². The molecule has 6 nitrogen and oxygen atoms in total. The Bertz CT molecular complexity index is 1420. The van der Waals surface area contributed by atoms with Crippen molar-refractivity contribution in [3.8, 4) is 5.75 Å². The van der Waals surface area contributed by atoms with Crippen molar-refractivity contribution in [3.63, 3.8) is 0 Å². The van der Waals surface area contributed by atoms with Crippen molar-refractivity contribution < 1.29 is 14.3 Å². The summed E-state index contributed by atoms with van der Waals surface area (Å²) in [5.41, 5.74) is 4.13. The van der Waals surface area contributed by atoms with E-state index >= 15 is 0 Å². The number of rotatable bonds is 12. The predicted molar refractivity (Wildman–Crippen MR) is 184 cm³/mol. The SMILES string of the molecule is C=C(C(=O)CCCCC[C@@H](Oc1cccc(N2CCN(C)C3=C(/C=N\C(SC)=C\CC3)C2=O)c1)c1ccccc1)C(C)(C)C. The fourth-order valence-electron chi connectivity index (χ4n) is 5.52. The Morgan fingerprint density at radius 3 is 2.57 bits per heavy atom. The average molecular weight is 614 g/mol. The van der Waals surface area contributed by atoms with Crippen LogP contribution in [0.2, 0.25) is 0 Å². The second kappa shape index (κ2) is 15.4. The maximum Gasteiger partial charge on any atom is 0.261 e. The molecule has 0 spiro atoms. The van der Waals surface area contributed by atoms with E-state index in [1.54, 1.807) is 18.0 Å². The van der Waals surface area contributed by atoms with Crippen LogP contribution in [-0.4, -0.2) is 49.2 Å². The summed E-state index contributed by atoms with van der Waals surface area (Å²) in [4.78, 5) is 35.1. The number of unbranched alkanes of at least 4 members (excludes halogenated alkanes) is 2. The zero-order valence-electron chi connectivity index (χ0n) is 27.0. The topological polar surface area (TPSA) is 62.2 Å². The number of amides is 1. The molecule has 0 aliphatic carbocycles. The minimum absolute atomic E-state index is 0.0316. The van der Waals surface area contributed by atoms with Gasteiger partial charge in [-0.15, -0.1) is 11.8 Å². The summed E-state index contributed by atoms with van der Waals surface area (Å²) in [6.45, 7) is 11.4. The molecule has 2 aromatic rings. The fraction of sp³-hybridized carbons (Fsp3) is 0.432. The van der Waals surface area contributed by atoms with Crippen LogP contribution in [0.5, 0.6) is 5.75 Å². The highest BCUT2D eigenvalue weighted by molar-refractivity contribution is 8.02. The molecule has 2 aliphatic rings. The van der Waals surface area contributed by atoms with Crippen molar-refractivity contribution in [2.24, 2.45) is 10.4 Å². The number of ketones is 1. The number of hydrogen-bond acceptors (Lipinski definition) is 6. The third-order valence-corrected chi connectivity index (χ3v) is 9.02. The molecule has 234 valence electrons. The van der Waals surface area contributed by atoms with E-state index in [2.05, 4.69) is 41.7 Å². The number of benzene rings is 2. The van der Waals surface area contributed by atoms with Gasteiger partial charge in [0.05, 0.1) is 10.6 Å². The third-order valence-electron chi connectivity index (χ3n) is 8.33. The molecule has 1 atom stereocenters. The number of allylic oxidation sites excluding steroid dienone is 3. The van der Waals surface area contributed by atoms with E-state index in [4.69, 9.17) is 4.74 Å². The Morgan fingerprint density at radius 2 is 1.84 bits per heavy atom. The molecule has 0 fully saturated rings. The largest absolute Gasteiger partial charge is 0.486 e. The summed E-state index contributed by atoms with van der Waals surface area (Å²) < 4.78 is 6.62. The minimum Gasteiger partial charge on any atom is -0.486 e. The van der Waals surface area contributed by atoms with E-state index in [0.717, 1.165) is 72.8 Å². The molecule has 7 heteroatoms. The number of anilines is 1. The monoisotopic (exact) mass is 613 g/mol. The molecule has 0 N–H and O–H groups in total. The van der Waals surface area contributed by atoms with Crippen LogP contribution in [-0.2, 0) is 9.59 Å². The number of hydrogen-bond donors (Lipinski definition) is 0. The Morgan fingerprint density at radius 1 is 1.07 bits per heavy atom. The lowest BCUT2D eigenvalue weighted by Gasteiger charge is -2.24. The first-order valence-corrected chi connectivity index (χ1v) is 16.9. The van der Waals surface area contributed by atoms with Crippen molar-refractivity contribution in [2.45, 2.75) is 71.8 Å². The first kappa shape index (κ1) is 33.3. The number of carbonyl (C=O) groups excluding carboxylic acids is 2. The zero-order valence-corrected chi connectivity index (χ0v) is 27.8. The van der Waals surface area contributed by atoms with Gasteiger partial charge < -0.3 is 14.5 Å². The second-order valence-corrected chi connectivity index (χ2v) is 13.4. The van der Waals surface area contributed by atoms with Gasteiger partial charge in [-0.05, 0) is 67.0 Å². The van der Waals surface area contributed by atoms with Gasteiger partial charge >= 0.3 is 0 Å². The van der Waals surface area contributed by atoms with Gasteiger partial charge in [0, 0.05) is 50.2 Å². The summed E-state index contributed by atoms with van der Waals surface area (Å²) in [5.74, 6) is 0.858. The molecule has 0 saturated heterocycles. The fourth-order valence-corrected chi connectivity index (χ4v) is 5.97. The summed E-state index contributed by atoms with van der Waals surface area (Å²) >= 11 is 1.60. The van der Waals surface area contributed by atoms with Gasteiger partial charge in [0.15, 0.2) is 5.78 Å². The Kier molecular flexibility index (Phi) is 11.7. The highest BCUT2D eigenvalue weighted by Crippen LogP contribution is 2.32. The van der Waals surface area contributed by atoms with Gasteiger partial charge in [0.2, 0.25) is 0 Å². The first-order chi connectivity index (χ1) is 21.1. The molecule has 4 rings (SSSR count). The predicted octanol–water partition coefficient (Wildman–Crippen LogP) is 8.53. The molecule has 44 heavy (non-hydrogen) atoms. The van der Waals surface area contributed by atoms with Crippen molar-refractivity contribution in [1.82, 2.24) is 4.90 Å². The maximum atomic E-state index is 13.9.